The van der Waals surface area contributed by atoms with E-state index in [-0.39, 0.29) is 5.69 Å². The molecule has 0 aliphatic heterocycles. The number of aromatic nitrogens is 1. The minimum absolute atomic E-state index is 0.226. The summed E-state index contributed by atoms with van der Waals surface area (Å²) >= 11 is 1.59. The van der Waals surface area contributed by atoms with Crippen molar-refractivity contribution < 1.29 is 9.90 Å². The number of fused-ring (bicyclic) bond motifs is 2. The summed E-state index contributed by atoms with van der Waals surface area (Å²) in [5.74, 6) is 1.15. The topological polar surface area (TPSA) is 50.2 Å². The van der Waals surface area contributed by atoms with Crippen LogP contribution in [0.2, 0.25) is 0 Å². The van der Waals surface area contributed by atoms with E-state index < -0.39 is 5.97 Å². The zero-order valence-electron chi connectivity index (χ0n) is 11.7. The van der Waals surface area contributed by atoms with Gasteiger partial charge in [0.1, 0.15) is 0 Å². The highest BCUT2D eigenvalue weighted by Gasteiger charge is 2.42. The number of aromatic carboxylic acids is 1. The molecule has 0 radical (unpaired) electrons. The summed E-state index contributed by atoms with van der Waals surface area (Å²) in [4.78, 5) is 16.8. The summed E-state index contributed by atoms with van der Waals surface area (Å²) in [6.07, 6.45) is 5.15. The fourth-order valence-corrected chi connectivity index (χ4v) is 5.24. The molecule has 2 fully saturated rings. The lowest BCUT2D eigenvalue weighted by atomic mass is 9.89. The van der Waals surface area contributed by atoms with Crippen LogP contribution in [0, 0.1) is 11.8 Å². The molecule has 0 spiro atoms. The Morgan fingerprint density at radius 2 is 2.00 bits per heavy atom. The van der Waals surface area contributed by atoms with Gasteiger partial charge in [-0.1, -0.05) is 36.8 Å². The molecule has 1 aromatic heterocycles. The average molecular weight is 299 g/mol. The van der Waals surface area contributed by atoms with Gasteiger partial charge in [0.05, 0.1) is 9.88 Å². The fourth-order valence-electron chi connectivity index (χ4n) is 3.97. The summed E-state index contributed by atoms with van der Waals surface area (Å²) < 4.78 is 0. The number of benzene rings is 1. The molecule has 3 nitrogen and oxygen atoms in total. The van der Waals surface area contributed by atoms with E-state index in [0.29, 0.717) is 5.92 Å². The number of hydrogen-bond acceptors (Lipinski definition) is 3. The molecule has 1 heterocycles. The van der Waals surface area contributed by atoms with E-state index in [1.807, 2.05) is 30.3 Å². The van der Waals surface area contributed by atoms with Crippen molar-refractivity contribution in [2.45, 2.75) is 31.6 Å². The van der Waals surface area contributed by atoms with E-state index in [4.69, 9.17) is 0 Å². The van der Waals surface area contributed by atoms with E-state index in [1.54, 1.807) is 11.3 Å². The normalized spacial score (nSPS) is 27.1. The third kappa shape index (κ3) is 2.18. The van der Waals surface area contributed by atoms with Crippen molar-refractivity contribution in [3.63, 3.8) is 0 Å². The molecule has 4 heteroatoms. The molecule has 0 amide bonds. The molecule has 2 bridgehead atoms. The van der Waals surface area contributed by atoms with Crippen LogP contribution in [-0.4, -0.2) is 16.1 Å². The lowest BCUT2D eigenvalue weighted by molar-refractivity contribution is 0.0692. The summed E-state index contributed by atoms with van der Waals surface area (Å²) in [7, 11) is 0. The smallest absolute Gasteiger partial charge is 0.356 e. The summed E-state index contributed by atoms with van der Waals surface area (Å²) in [5, 5.41) is 10.5. The van der Waals surface area contributed by atoms with Crippen LogP contribution in [0.3, 0.4) is 0 Å². The number of thiazole rings is 1. The molecule has 21 heavy (non-hydrogen) atoms. The summed E-state index contributed by atoms with van der Waals surface area (Å²) in [6, 6.07) is 9.76. The van der Waals surface area contributed by atoms with Gasteiger partial charge >= 0.3 is 5.97 Å². The number of carbonyl (C=O) groups is 1. The maximum atomic E-state index is 11.5. The molecule has 108 valence electrons. The van der Waals surface area contributed by atoms with E-state index in [1.165, 1.54) is 25.7 Å². The van der Waals surface area contributed by atoms with E-state index in [9.17, 15) is 9.90 Å². The minimum Gasteiger partial charge on any atom is -0.476 e. The molecule has 1 aromatic carbocycles. The second-order valence-corrected chi connectivity index (χ2v) is 7.21. The number of carboxylic acid groups (broad SMARTS) is 1. The molecule has 2 aliphatic rings. The van der Waals surface area contributed by atoms with Crippen LogP contribution in [0.5, 0.6) is 0 Å². The molecule has 2 aromatic rings. The number of hydrogen-bond donors (Lipinski definition) is 1. The van der Waals surface area contributed by atoms with Crippen LogP contribution < -0.4 is 0 Å². The van der Waals surface area contributed by atoms with E-state index in [0.717, 1.165) is 27.3 Å². The number of rotatable bonds is 3. The largest absolute Gasteiger partial charge is 0.476 e. The van der Waals surface area contributed by atoms with Crippen molar-refractivity contribution in [1.82, 2.24) is 4.98 Å². The van der Waals surface area contributed by atoms with Crippen LogP contribution in [0.25, 0.3) is 10.4 Å². The summed E-state index contributed by atoms with van der Waals surface area (Å²) in [6.45, 7) is 0. The first kappa shape index (κ1) is 13.0. The first-order valence-corrected chi connectivity index (χ1v) is 8.33. The maximum Gasteiger partial charge on any atom is 0.356 e. The van der Waals surface area contributed by atoms with Gasteiger partial charge in [0.2, 0.25) is 0 Å². The van der Waals surface area contributed by atoms with Gasteiger partial charge in [-0.25, -0.2) is 9.78 Å². The van der Waals surface area contributed by atoms with Crippen LogP contribution in [-0.2, 0) is 0 Å². The molecule has 3 unspecified atom stereocenters. The highest BCUT2D eigenvalue weighted by atomic mass is 32.1. The third-order valence-corrected chi connectivity index (χ3v) is 6.17. The average Bonchev–Trinajstić information content (AvgIpc) is 3.22. The van der Waals surface area contributed by atoms with Crippen molar-refractivity contribution in [3.8, 4) is 10.4 Å². The third-order valence-electron chi connectivity index (χ3n) is 4.94. The van der Waals surface area contributed by atoms with Crippen molar-refractivity contribution in [1.29, 1.82) is 0 Å². The lowest BCUT2D eigenvalue weighted by Gasteiger charge is -2.18. The molecular weight excluding hydrogens is 282 g/mol. The quantitative estimate of drug-likeness (QED) is 0.913. The standard InChI is InChI=1S/C17H17NO2S/c19-17(20)14-15(11-4-2-1-3-5-11)21-16(18-14)13-9-10-6-7-12(13)8-10/h1-5,10,12-13H,6-9H2,(H,19,20). The van der Waals surface area contributed by atoms with Crippen LogP contribution in [0.1, 0.15) is 47.1 Å². The Hall–Kier alpha value is -1.68. The maximum absolute atomic E-state index is 11.5. The Labute approximate surface area is 127 Å². The fraction of sp³-hybridized carbons (Fsp3) is 0.412. The second kappa shape index (κ2) is 4.95. The predicted molar refractivity (Wildman–Crippen MR) is 82.7 cm³/mol. The Morgan fingerprint density at radius 1 is 1.19 bits per heavy atom. The van der Waals surface area contributed by atoms with Gasteiger partial charge in [-0.15, -0.1) is 11.3 Å². The van der Waals surface area contributed by atoms with Crippen LogP contribution >= 0.6 is 11.3 Å². The van der Waals surface area contributed by atoms with Gasteiger partial charge in [-0.05, 0) is 36.7 Å². The van der Waals surface area contributed by atoms with Gasteiger partial charge < -0.3 is 5.11 Å². The minimum atomic E-state index is -0.917. The first-order chi connectivity index (χ1) is 10.2. The molecular formula is C17H17NO2S. The summed E-state index contributed by atoms with van der Waals surface area (Å²) in [5.41, 5.74) is 1.19. The van der Waals surface area contributed by atoms with Crippen LogP contribution in [0.4, 0.5) is 0 Å². The molecule has 0 saturated heterocycles. The number of carboxylic acids is 1. The monoisotopic (exact) mass is 299 g/mol. The predicted octanol–water partition coefficient (Wildman–Crippen LogP) is 4.41. The molecule has 4 rings (SSSR count). The van der Waals surface area contributed by atoms with Crippen LogP contribution in [0.15, 0.2) is 30.3 Å². The van der Waals surface area contributed by atoms with Gasteiger partial charge in [0, 0.05) is 5.92 Å². The van der Waals surface area contributed by atoms with Crippen molar-refractivity contribution in [2.75, 3.05) is 0 Å². The highest BCUT2D eigenvalue weighted by molar-refractivity contribution is 7.15. The molecule has 2 aliphatic carbocycles. The van der Waals surface area contributed by atoms with Gasteiger partial charge in [0.25, 0.3) is 0 Å². The number of nitrogens with zero attached hydrogens (tertiary/aromatic N) is 1. The SMILES string of the molecule is O=C(O)c1nc(C2CC3CCC2C3)sc1-c1ccccc1. The van der Waals surface area contributed by atoms with Gasteiger partial charge in [-0.2, -0.15) is 0 Å². The molecule has 2 saturated carbocycles. The first-order valence-electron chi connectivity index (χ1n) is 7.52. The van der Waals surface area contributed by atoms with E-state index in [2.05, 4.69) is 4.98 Å². The van der Waals surface area contributed by atoms with Crippen molar-refractivity contribution in [3.05, 3.63) is 41.0 Å². The Kier molecular flexibility index (Phi) is 3.07. The second-order valence-electron chi connectivity index (χ2n) is 6.18. The molecule has 1 N–H and O–H groups in total. The zero-order valence-corrected chi connectivity index (χ0v) is 12.5. The Bertz CT molecular complexity index is 679. The van der Waals surface area contributed by atoms with Gasteiger partial charge in [0.15, 0.2) is 5.69 Å². The Balaban J connectivity index is 1.75. The Morgan fingerprint density at radius 3 is 2.62 bits per heavy atom. The lowest BCUT2D eigenvalue weighted by Crippen LogP contribution is -2.08. The van der Waals surface area contributed by atoms with E-state index >= 15 is 0 Å². The van der Waals surface area contributed by atoms with Crippen molar-refractivity contribution in [2.24, 2.45) is 11.8 Å². The molecule has 3 atom stereocenters. The van der Waals surface area contributed by atoms with Gasteiger partial charge in [-0.3, -0.25) is 0 Å². The highest BCUT2D eigenvalue weighted by Crippen LogP contribution is 2.54. The van der Waals surface area contributed by atoms with Crippen molar-refractivity contribution >= 4 is 17.3 Å². The zero-order chi connectivity index (χ0) is 14.4.